The fourth-order valence-corrected chi connectivity index (χ4v) is 1.52. The van der Waals surface area contributed by atoms with Crippen LogP contribution in [-0.2, 0) is 0 Å². The van der Waals surface area contributed by atoms with E-state index in [9.17, 15) is 5.11 Å². The molecule has 16 heavy (non-hydrogen) atoms. The van der Waals surface area contributed by atoms with Gasteiger partial charge in [0.15, 0.2) is 0 Å². The Balaban J connectivity index is 0.00000225. The van der Waals surface area contributed by atoms with Gasteiger partial charge >= 0.3 is 0 Å². The third kappa shape index (κ3) is 5.17. The van der Waals surface area contributed by atoms with Crippen molar-refractivity contribution in [3.63, 3.8) is 0 Å². The third-order valence-electron chi connectivity index (χ3n) is 2.09. The van der Waals surface area contributed by atoms with Gasteiger partial charge in [0.1, 0.15) is 0 Å². The molecule has 2 nitrogen and oxygen atoms in total. The molecule has 0 radical (unpaired) electrons. The zero-order valence-electron chi connectivity index (χ0n) is 9.83. The number of benzene rings is 1. The Morgan fingerprint density at radius 2 is 1.88 bits per heavy atom. The van der Waals surface area contributed by atoms with E-state index in [-0.39, 0.29) is 17.9 Å². The van der Waals surface area contributed by atoms with E-state index in [1.807, 2.05) is 18.2 Å². The average molecular weight is 264 g/mol. The molecule has 2 N–H and O–H groups in total. The highest BCUT2D eigenvalue weighted by atomic mass is 35.5. The molecule has 0 heterocycles. The van der Waals surface area contributed by atoms with Crippen molar-refractivity contribution in [2.24, 2.45) is 0 Å². The summed E-state index contributed by atoms with van der Waals surface area (Å²) in [7, 11) is 0. The summed E-state index contributed by atoms with van der Waals surface area (Å²) in [6.45, 7) is 6.69. The molecule has 0 aliphatic heterocycles. The van der Waals surface area contributed by atoms with Crippen LogP contribution in [0.15, 0.2) is 24.3 Å². The molecule has 0 spiro atoms. The molecule has 0 fully saturated rings. The number of rotatable bonds is 3. The summed E-state index contributed by atoms with van der Waals surface area (Å²) in [5, 5.41) is 13.8. The number of aliphatic hydroxyl groups is 1. The van der Waals surface area contributed by atoms with E-state index in [0.29, 0.717) is 11.6 Å². The SMILES string of the molecule is CC(C)(C)NC[C@H](O)c1ccccc1Cl.Cl. The van der Waals surface area contributed by atoms with Crippen molar-refractivity contribution in [3.05, 3.63) is 34.9 Å². The molecule has 0 aliphatic carbocycles. The van der Waals surface area contributed by atoms with Gasteiger partial charge in [-0.25, -0.2) is 0 Å². The maximum atomic E-state index is 9.92. The molecule has 1 aromatic carbocycles. The van der Waals surface area contributed by atoms with Crippen molar-refractivity contribution in [2.45, 2.75) is 32.4 Å². The zero-order chi connectivity index (χ0) is 11.5. The molecule has 0 saturated carbocycles. The summed E-state index contributed by atoms with van der Waals surface area (Å²) in [6.07, 6.45) is -0.557. The number of nitrogens with one attached hydrogen (secondary N) is 1. The first kappa shape index (κ1) is 15.7. The van der Waals surface area contributed by atoms with Gasteiger partial charge in [0.05, 0.1) is 6.10 Å². The van der Waals surface area contributed by atoms with Gasteiger partial charge in [-0.3, -0.25) is 0 Å². The monoisotopic (exact) mass is 263 g/mol. The second kappa shape index (κ2) is 6.45. The Labute approximate surface area is 108 Å². The third-order valence-corrected chi connectivity index (χ3v) is 2.43. The predicted molar refractivity (Wildman–Crippen MR) is 71.4 cm³/mol. The molecule has 92 valence electrons. The van der Waals surface area contributed by atoms with Crippen LogP contribution in [0, 0.1) is 0 Å². The van der Waals surface area contributed by atoms with Gasteiger partial charge in [0.2, 0.25) is 0 Å². The van der Waals surface area contributed by atoms with E-state index in [4.69, 9.17) is 11.6 Å². The molecule has 1 rings (SSSR count). The largest absolute Gasteiger partial charge is 0.387 e. The average Bonchev–Trinajstić information content (AvgIpc) is 2.14. The van der Waals surface area contributed by atoms with Crippen LogP contribution in [0.3, 0.4) is 0 Å². The van der Waals surface area contributed by atoms with Gasteiger partial charge in [-0.1, -0.05) is 29.8 Å². The molecule has 0 amide bonds. The lowest BCUT2D eigenvalue weighted by Crippen LogP contribution is -2.38. The molecular formula is C12H19Cl2NO. The highest BCUT2D eigenvalue weighted by Crippen LogP contribution is 2.22. The number of hydrogen-bond donors (Lipinski definition) is 2. The topological polar surface area (TPSA) is 32.3 Å². The lowest BCUT2D eigenvalue weighted by Gasteiger charge is -2.23. The summed E-state index contributed by atoms with van der Waals surface area (Å²) < 4.78 is 0. The summed E-state index contributed by atoms with van der Waals surface area (Å²) >= 11 is 5.98. The Morgan fingerprint density at radius 3 is 2.38 bits per heavy atom. The van der Waals surface area contributed by atoms with Gasteiger partial charge in [0, 0.05) is 22.7 Å². The summed E-state index contributed by atoms with van der Waals surface area (Å²) in [5.74, 6) is 0. The quantitative estimate of drug-likeness (QED) is 0.878. The highest BCUT2D eigenvalue weighted by molar-refractivity contribution is 6.31. The number of halogens is 2. The first-order valence-electron chi connectivity index (χ1n) is 5.08. The molecule has 1 aromatic rings. The van der Waals surface area contributed by atoms with Crippen LogP contribution >= 0.6 is 24.0 Å². The molecule has 0 bridgehead atoms. The van der Waals surface area contributed by atoms with E-state index in [1.165, 1.54) is 0 Å². The fourth-order valence-electron chi connectivity index (χ4n) is 1.26. The number of aliphatic hydroxyl groups excluding tert-OH is 1. The van der Waals surface area contributed by atoms with Crippen molar-refractivity contribution < 1.29 is 5.11 Å². The number of β-amino-alcohol motifs (C(OH)–C–C–N with tert-alkyl or cyclic N) is 1. The fraction of sp³-hybridized carbons (Fsp3) is 0.500. The summed E-state index contributed by atoms with van der Waals surface area (Å²) in [5.41, 5.74) is 0.776. The zero-order valence-corrected chi connectivity index (χ0v) is 11.4. The minimum Gasteiger partial charge on any atom is -0.387 e. The maximum absolute atomic E-state index is 9.92. The van der Waals surface area contributed by atoms with Crippen molar-refractivity contribution in [1.82, 2.24) is 5.32 Å². The van der Waals surface area contributed by atoms with Crippen LogP contribution in [0.4, 0.5) is 0 Å². The maximum Gasteiger partial charge on any atom is 0.0928 e. The van der Waals surface area contributed by atoms with E-state index >= 15 is 0 Å². The van der Waals surface area contributed by atoms with Crippen LogP contribution in [0.25, 0.3) is 0 Å². The first-order chi connectivity index (χ1) is 6.90. The van der Waals surface area contributed by atoms with Crippen LogP contribution < -0.4 is 5.32 Å². The van der Waals surface area contributed by atoms with Crippen molar-refractivity contribution in [3.8, 4) is 0 Å². The van der Waals surface area contributed by atoms with E-state index in [0.717, 1.165) is 5.56 Å². The Bertz CT molecular complexity index is 323. The number of hydrogen-bond acceptors (Lipinski definition) is 2. The second-order valence-corrected chi connectivity index (χ2v) is 5.08. The molecule has 0 saturated heterocycles. The lowest BCUT2D eigenvalue weighted by atomic mass is 10.1. The van der Waals surface area contributed by atoms with Gasteiger partial charge in [0.25, 0.3) is 0 Å². The van der Waals surface area contributed by atoms with Crippen molar-refractivity contribution in [1.29, 1.82) is 0 Å². The first-order valence-corrected chi connectivity index (χ1v) is 5.45. The van der Waals surface area contributed by atoms with Crippen LogP contribution in [0.2, 0.25) is 5.02 Å². The predicted octanol–water partition coefficient (Wildman–Crippen LogP) is 3.18. The van der Waals surface area contributed by atoms with Gasteiger partial charge in [-0.2, -0.15) is 0 Å². The van der Waals surface area contributed by atoms with Crippen molar-refractivity contribution >= 4 is 24.0 Å². The molecule has 1 atom stereocenters. The summed E-state index contributed by atoms with van der Waals surface area (Å²) in [4.78, 5) is 0. The molecular weight excluding hydrogens is 245 g/mol. The van der Waals surface area contributed by atoms with Crippen molar-refractivity contribution in [2.75, 3.05) is 6.54 Å². The van der Waals surface area contributed by atoms with Crippen LogP contribution in [0.1, 0.15) is 32.4 Å². The highest BCUT2D eigenvalue weighted by Gasteiger charge is 2.15. The molecule has 0 aromatic heterocycles. The minimum atomic E-state index is -0.557. The molecule has 0 unspecified atom stereocenters. The van der Waals surface area contributed by atoms with E-state index < -0.39 is 6.10 Å². The Morgan fingerprint density at radius 1 is 1.31 bits per heavy atom. The van der Waals surface area contributed by atoms with Crippen LogP contribution in [-0.4, -0.2) is 17.2 Å². The van der Waals surface area contributed by atoms with Crippen LogP contribution in [0.5, 0.6) is 0 Å². The lowest BCUT2D eigenvalue weighted by molar-refractivity contribution is 0.163. The second-order valence-electron chi connectivity index (χ2n) is 4.67. The van der Waals surface area contributed by atoms with Gasteiger partial charge < -0.3 is 10.4 Å². The van der Waals surface area contributed by atoms with E-state index in [1.54, 1.807) is 6.07 Å². The van der Waals surface area contributed by atoms with Gasteiger partial charge in [-0.15, -0.1) is 12.4 Å². The minimum absolute atomic E-state index is 0. The standard InChI is InChI=1S/C12H18ClNO.ClH/c1-12(2,3)14-8-11(15)9-6-4-5-7-10(9)13;/h4-7,11,14-15H,8H2,1-3H3;1H/t11-;/m0./s1. The Hall–Kier alpha value is -0.280. The smallest absolute Gasteiger partial charge is 0.0928 e. The Kier molecular flexibility index (Phi) is 6.34. The molecule has 4 heteroatoms. The van der Waals surface area contributed by atoms with E-state index in [2.05, 4.69) is 26.1 Å². The summed E-state index contributed by atoms with van der Waals surface area (Å²) in [6, 6.07) is 7.37. The van der Waals surface area contributed by atoms with Gasteiger partial charge in [-0.05, 0) is 26.8 Å². The molecule has 0 aliphatic rings. The normalized spacial score (nSPS) is 13.1.